The van der Waals surface area contributed by atoms with E-state index in [1.54, 1.807) is 18.2 Å². The fraction of sp³-hybridized carbons (Fsp3) is 0.0714. The van der Waals surface area contributed by atoms with E-state index in [0.717, 1.165) is 19.2 Å². The lowest BCUT2D eigenvalue weighted by Gasteiger charge is -2.14. The van der Waals surface area contributed by atoms with E-state index in [0.29, 0.717) is 4.41 Å². The molecule has 0 saturated heterocycles. The van der Waals surface area contributed by atoms with Crippen LogP contribution in [0.25, 0.3) is 0 Å². The van der Waals surface area contributed by atoms with E-state index in [4.69, 9.17) is 11.6 Å². The topological polar surface area (TPSA) is 49.7 Å². The zero-order valence-electron chi connectivity index (χ0n) is 11.4. The molecular formula is C14H11ClF2N2O2S. The summed E-state index contributed by atoms with van der Waals surface area (Å²) in [7, 11) is -2.82. The molecule has 8 heteroatoms. The van der Waals surface area contributed by atoms with E-state index < -0.39 is 32.4 Å². The molecule has 0 amide bonds. The number of nitrogens with zero attached hydrogens (tertiary/aromatic N) is 2. The number of hydrazone groups is 1. The van der Waals surface area contributed by atoms with Crippen LogP contribution in [-0.4, -0.2) is 25.1 Å². The lowest BCUT2D eigenvalue weighted by Crippen LogP contribution is -2.23. The molecule has 0 saturated carbocycles. The Bertz CT molecular complexity index is 791. The predicted octanol–water partition coefficient (Wildman–Crippen LogP) is 3.19. The Labute approximate surface area is 131 Å². The van der Waals surface area contributed by atoms with E-state index in [1.165, 1.54) is 18.2 Å². The average Bonchev–Trinajstić information content (AvgIpc) is 2.47. The van der Waals surface area contributed by atoms with Gasteiger partial charge in [-0.1, -0.05) is 35.9 Å². The van der Waals surface area contributed by atoms with Gasteiger partial charge in [-0.15, -0.1) is 5.10 Å². The summed E-state index contributed by atoms with van der Waals surface area (Å²) in [5.41, 5.74) is -0.584. The molecule has 0 spiro atoms. The van der Waals surface area contributed by atoms with Crippen LogP contribution in [0, 0.1) is 11.6 Å². The minimum Gasteiger partial charge on any atom is -0.206 e. The zero-order valence-corrected chi connectivity index (χ0v) is 12.9. The fourth-order valence-electron chi connectivity index (χ4n) is 1.67. The van der Waals surface area contributed by atoms with Gasteiger partial charge >= 0.3 is 0 Å². The van der Waals surface area contributed by atoms with E-state index in [1.807, 2.05) is 0 Å². The molecule has 0 aliphatic carbocycles. The van der Waals surface area contributed by atoms with Crippen LogP contribution in [0.5, 0.6) is 0 Å². The van der Waals surface area contributed by atoms with E-state index in [-0.39, 0.29) is 4.90 Å². The molecule has 2 aromatic carbocycles. The summed E-state index contributed by atoms with van der Waals surface area (Å²) < 4.78 is 52.2. The predicted molar refractivity (Wildman–Crippen MR) is 80.1 cm³/mol. The van der Waals surface area contributed by atoms with Crippen LogP contribution >= 0.6 is 11.6 Å². The fourth-order valence-corrected chi connectivity index (χ4v) is 3.00. The summed E-state index contributed by atoms with van der Waals surface area (Å²) in [5.74, 6) is -1.86. The first-order valence-electron chi connectivity index (χ1n) is 6.06. The number of rotatable bonds is 4. The monoisotopic (exact) mass is 344 g/mol. The number of halogens is 3. The SMILES string of the molecule is CN(/N=C(/Cl)c1c(F)cccc1F)S(=O)(=O)c1ccccc1. The Balaban J connectivity index is 2.40. The highest BCUT2D eigenvalue weighted by Crippen LogP contribution is 2.18. The van der Waals surface area contributed by atoms with Crippen molar-refractivity contribution < 1.29 is 17.2 Å². The number of sulfonamides is 1. The molecule has 22 heavy (non-hydrogen) atoms. The summed E-state index contributed by atoms with van der Waals surface area (Å²) in [6.45, 7) is 0. The standard InChI is InChI=1S/C14H11ClF2N2O2S/c1-19(22(20,21)10-6-3-2-4-7-10)18-14(15)13-11(16)8-5-9-12(13)17/h2-9H,1H3/b18-14+. The average molecular weight is 345 g/mol. The number of benzene rings is 2. The molecule has 4 nitrogen and oxygen atoms in total. The Morgan fingerprint density at radius 1 is 1.05 bits per heavy atom. The van der Waals surface area contributed by atoms with Crippen LogP contribution in [0.3, 0.4) is 0 Å². The van der Waals surface area contributed by atoms with Crippen LogP contribution in [-0.2, 0) is 10.0 Å². The highest BCUT2D eigenvalue weighted by Gasteiger charge is 2.21. The second-order valence-corrected chi connectivity index (χ2v) is 6.55. The largest absolute Gasteiger partial charge is 0.278 e. The number of hydrogen-bond donors (Lipinski definition) is 0. The van der Waals surface area contributed by atoms with Crippen molar-refractivity contribution in [2.75, 3.05) is 7.05 Å². The normalized spacial score (nSPS) is 12.3. The molecule has 0 aliphatic heterocycles. The third-order valence-corrected chi connectivity index (χ3v) is 4.70. The van der Waals surface area contributed by atoms with Crippen molar-refractivity contribution in [3.05, 3.63) is 65.7 Å². The summed E-state index contributed by atoms with van der Waals surface area (Å²) >= 11 is 5.77. The molecule has 0 N–H and O–H groups in total. The van der Waals surface area contributed by atoms with Crippen molar-refractivity contribution in [1.82, 2.24) is 4.41 Å². The Morgan fingerprint density at radius 3 is 2.14 bits per heavy atom. The molecule has 116 valence electrons. The molecule has 0 fully saturated rings. The van der Waals surface area contributed by atoms with Crippen LogP contribution in [0.15, 0.2) is 58.5 Å². The summed E-state index contributed by atoms with van der Waals surface area (Å²) in [4.78, 5) is -0.0141. The second-order valence-electron chi connectivity index (χ2n) is 4.24. The Hall–Kier alpha value is -1.99. The van der Waals surface area contributed by atoms with E-state index in [2.05, 4.69) is 5.10 Å². The third-order valence-electron chi connectivity index (χ3n) is 2.79. The van der Waals surface area contributed by atoms with Gasteiger partial charge in [0.05, 0.1) is 10.5 Å². The van der Waals surface area contributed by atoms with Crippen molar-refractivity contribution in [3.8, 4) is 0 Å². The molecule has 0 unspecified atom stereocenters. The van der Waals surface area contributed by atoms with Gasteiger partial charge < -0.3 is 0 Å². The smallest absolute Gasteiger partial charge is 0.206 e. The van der Waals surface area contributed by atoms with Gasteiger partial charge in [0.2, 0.25) is 0 Å². The van der Waals surface area contributed by atoms with Crippen LogP contribution < -0.4 is 0 Å². The van der Waals surface area contributed by atoms with Gasteiger partial charge in [-0.2, -0.15) is 12.8 Å². The molecule has 2 aromatic rings. The minimum atomic E-state index is -3.95. The minimum absolute atomic E-state index is 0.0141. The van der Waals surface area contributed by atoms with Gasteiger partial charge in [0.15, 0.2) is 5.17 Å². The quantitative estimate of drug-likeness (QED) is 0.632. The van der Waals surface area contributed by atoms with Gasteiger partial charge in [0.1, 0.15) is 11.6 Å². The van der Waals surface area contributed by atoms with Crippen molar-refractivity contribution in [2.24, 2.45) is 5.10 Å². The number of hydrogen-bond acceptors (Lipinski definition) is 3. The molecular weight excluding hydrogens is 334 g/mol. The molecule has 2 rings (SSSR count). The van der Waals surface area contributed by atoms with Crippen molar-refractivity contribution in [3.63, 3.8) is 0 Å². The molecule has 0 aromatic heterocycles. The Kier molecular flexibility index (Phi) is 4.77. The van der Waals surface area contributed by atoms with Crippen molar-refractivity contribution in [1.29, 1.82) is 0 Å². The molecule has 0 bridgehead atoms. The van der Waals surface area contributed by atoms with Gasteiger partial charge in [0, 0.05) is 7.05 Å². The Morgan fingerprint density at radius 2 is 1.59 bits per heavy atom. The van der Waals surface area contributed by atoms with Gasteiger partial charge in [0.25, 0.3) is 10.0 Å². The maximum atomic E-state index is 13.6. The maximum Gasteiger partial charge on any atom is 0.278 e. The van der Waals surface area contributed by atoms with Crippen LogP contribution in [0.1, 0.15) is 5.56 Å². The summed E-state index contributed by atoms with van der Waals surface area (Å²) in [5, 5.41) is 2.96. The van der Waals surface area contributed by atoms with Gasteiger partial charge in [-0.25, -0.2) is 8.78 Å². The molecule has 0 heterocycles. The first-order chi connectivity index (χ1) is 10.3. The lowest BCUT2D eigenvalue weighted by molar-refractivity contribution is 0.489. The zero-order chi connectivity index (χ0) is 16.3. The molecule has 0 aliphatic rings. The van der Waals surface area contributed by atoms with Crippen LogP contribution in [0.2, 0.25) is 0 Å². The highest BCUT2D eigenvalue weighted by molar-refractivity contribution is 7.89. The first kappa shape index (κ1) is 16.4. The highest BCUT2D eigenvalue weighted by atomic mass is 35.5. The summed E-state index contributed by atoms with van der Waals surface area (Å²) in [6.07, 6.45) is 0. The van der Waals surface area contributed by atoms with Gasteiger partial charge in [-0.3, -0.25) is 0 Å². The van der Waals surface area contributed by atoms with Crippen LogP contribution in [0.4, 0.5) is 8.78 Å². The van der Waals surface area contributed by atoms with Gasteiger partial charge in [-0.05, 0) is 24.3 Å². The molecule has 0 radical (unpaired) electrons. The third kappa shape index (κ3) is 3.26. The summed E-state index contributed by atoms with van der Waals surface area (Å²) in [6, 6.07) is 10.7. The lowest BCUT2D eigenvalue weighted by atomic mass is 10.2. The second kappa shape index (κ2) is 6.41. The van der Waals surface area contributed by atoms with Crippen molar-refractivity contribution >= 4 is 26.8 Å². The van der Waals surface area contributed by atoms with Crippen molar-refractivity contribution in [2.45, 2.75) is 4.90 Å². The maximum absolute atomic E-state index is 13.6. The molecule has 0 atom stereocenters. The first-order valence-corrected chi connectivity index (χ1v) is 7.88. The van der Waals surface area contributed by atoms with E-state index in [9.17, 15) is 17.2 Å². The van der Waals surface area contributed by atoms with E-state index >= 15 is 0 Å².